The molecule has 2 N–H and O–H groups in total. The van der Waals surface area contributed by atoms with Crippen molar-refractivity contribution in [2.75, 3.05) is 5.73 Å². The number of nitrogens with zero attached hydrogens (tertiary/aromatic N) is 2. The van der Waals surface area contributed by atoms with Crippen molar-refractivity contribution >= 4 is 5.69 Å². The highest BCUT2D eigenvalue weighted by Gasteiger charge is 2.09. The molecule has 0 saturated carbocycles. The minimum absolute atomic E-state index is 0.388. The van der Waals surface area contributed by atoms with E-state index in [9.17, 15) is 8.78 Å². The van der Waals surface area contributed by atoms with Crippen LogP contribution in [0.4, 0.5) is 14.5 Å². The summed E-state index contributed by atoms with van der Waals surface area (Å²) in [6.45, 7) is 1.51. The van der Waals surface area contributed by atoms with Gasteiger partial charge in [0.15, 0.2) is 0 Å². The number of rotatable bonds is 3. The van der Waals surface area contributed by atoms with Gasteiger partial charge in [-0.1, -0.05) is 12.1 Å². The van der Waals surface area contributed by atoms with Crippen molar-refractivity contribution in [1.82, 2.24) is 9.78 Å². The average molecular weight is 237 g/mol. The summed E-state index contributed by atoms with van der Waals surface area (Å²) in [4.78, 5) is 0. The van der Waals surface area contributed by atoms with Crippen LogP contribution in [-0.2, 0) is 6.54 Å². The normalized spacial score (nSPS) is 11.1. The molecule has 0 fully saturated rings. The Hall–Kier alpha value is -1.91. The van der Waals surface area contributed by atoms with Crippen LogP contribution in [0.15, 0.2) is 30.6 Å². The molecule has 0 unspecified atom stereocenters. The fraction of sp³-hybridized carbons (Fsp3) is 0.250. The lowest BCUT2D eigenvalue weighted by Gasteiger charge is -2.05. The zero-order chi connectivity index (χ0) is 12.4. The van der Waals surface area contributed by atoms with Gasteiger partial charge in [-0.3, -0.25) is 4.68 Å². The van der Waals surface area contributed by atoms with Crippen molar-refractivity contribution in [3.63, 3.8) is 0 Å². The zero-order valence-corrected chi connectivity index (χ0v) is 9.40. The van der Waals surface area contributed by atoms with Crippen LogP contribution in [0.2, 0.25) is 0 Å². The minimum Gasteiger partial charge on any atom is -0.398 e. The highest BCUT2D eigenvalue weighted by Crippen LogP contribution is 2.26. The van der Waals surface area contributed by atoms with Gasteiger partial charge in [-0.15, -0.1) is 0 Å². The first-order valence-electron chi connectivity index (χ1n) is 5.24. The number of hydrogen-bond acceptors (Lipinski definition) is 2. The Morgan fingerprint density at radius 1 is 1.41 bits per heavy atom. The lowest BCUT2D eigenvalue weighted by Crippen LogP contribution is -2.06. The second kappa shape index (κ2) is 4.53. The maximum Gasteiger partial charge on any atom is 0.257 e. The molecule has 0 spiro atoms. The van der Waals surface area contributed by atoms with E-state index in [-0.39, 0.29) is 6.54 Å². The van der Waals surface area contributed by atoms with Gasteiger partial charge >= 0.3 is 0 Å². The van der Waals surface area contributed by atoms with Gasteiger partial charge in [0.05, 0.1) is 6.20 Å². The molecule has 5 heteroatoms. The van der Waals surface area contributed by atoms with Gasteiger partial charge in [0.2, 0.25) is 0 Å². The van der Waals surface area contributed by atoms with Gasteiger partial charge in [-0.2, -0.15) is 5.10 Å². The van der Waals surface area contributed by atoms with Crippen molar-refractivity contribution in [2.24, 2.45) is 0 Å². The molecule has 0 radical (unpaired) electrons. The third kappa shape index (κ3) is 2.43. The summed E-state index contributed by atoms with van der Waals surface area (Å²) in [5, 5.41) is 3.90. The molecule has 0 aliphatic heterocycles. The number of aromatic nitrogens is 2. The number of nitrogen functional groups attached to an aromatic ring is 1. The van der Waals surface area contributed by atoms with E-state index in [2.05, 4.69) is 5.10 Å². The molecule has 1 aromatic carbocycles. The first kappa shape index (κ1) is 11.6. The van der Waals surface area contributed by atoms with E-state index < -0.39 is 6.43 Å². The summed E-state index contributed by atoms with van der Waals surface area (Å²) in [6, 6.07) is 5.54. The number of nitrogens with two attached hydrogens (primary N) is 1. The largest absolute Gasteiger partial charge is 0.398 e. The smallest absolute Gasteiger partial charge is 0.257 e. The van der Waals surface area contributed by atoms with Crippen molar-refractivity contribution < 1.29 is 8.78 Å². The number of benzene rings is 1. The number of hydrogen-bond donors (Lipinski definition) is 1. The molecule has 1 aromatic heterocycles. The van der Waals surface area contributed by atoms with Gasteiger partial charge in [0.1, 0.15) is 6.54 Å². The van der Waals surface area contributed by atoms with Gasteiger partial charge in [0.25, 0.3) is 6.43 Å². The Morgan fingerprint density at radius 3 is 2.88 bits per heavy atom. The predicted octanol–water partition coefficient (Wildman–Crippen LogP) is 2.71. The van der Waals surface area contributed by atoms with Crippen LogP contribution in [0, 0.1) is 6.92 Å². The van der Waals surface area contributed by atoms with Crippen LogP contribution in [0.3, 0.4) is 0 Å². The number of anilines is 1. The van der Waals surface area contributed by atoms with Crippen LogP contribution in [0.1, 0.15) is 5.56 Å². The first-order valence-corrected chi connectivity index (χ1v) is 5.24. The SMILES string of the molecule is Cc1c(N)cccc1-c1cnn(CC(F)F)c1. The summed E-state index contributed by atoms with van der Waals surface area (Å²) >= 11 is 0. The van der Waals surface area contributed by atoms with Gasteiger partial charge in [-0.05, 0) is 24.1 Å². The Balaban J connectivity index is 2.34. The minimum atomic E-state index is -2.40. The molecule has 0 amide bonds. The maximum absolute atomic E-state index is 12.2. The standard InChI is InChI=1S/C12H13F2N3/c1-8-10(3-2-4-11(8)15)9-5-16-17(6-9)7-12(13)14/h2-6,12H,7,15H2,1H3. The second-order valence-corrected chi connectivity index (χ2v) is 3.86. The molecule has 0 aliphatic carbocycles. The monoisotopic (exact) mass is 237 g/mol. The number of halogens is 2. The van der Waals surface area contributed by atoms with Gasteiger partial charge in [0, 0.05) is 17.4 Å². The van der Waals surface area contributed by atoms with E-state index in [1.54, 1.807) is 12.4 Å². The third-order valence-corrected chi connectivity index (χ3v) is 2.65. The van der Waals surface area contributed by atoms with Gasteiger partial charge < -0.3 is 5.73 Å². The zero-order valence-electron chi connectivity index (χ0n) is 9.40. The van der Waals surface area contributed by atoms with E-state index in [0.717, 1.165) is 16.7 Å². The van der Waals surface area contributed by atoms with Crippen LogP contribution in [-0.4, -0.2) is 16.2 Å². The molecular weight excluding hydrogens is 224 g/mol. The topological polar surface area (TPSA) is 43.8 Å². The highest BCUT2D eigenvalue weighted by atomic mass is 19.3. The average Bonchev–Trinajstić information content (AvgIpc) is 2.69. The van der Waals surface area contributed by atoms with Crippen LogP contribution in [0.25, 0.3) is 11.1 Å². The van der Waals surface area contributed by atoms with Crippen molar-refractivity contribution in [1.29, 1.82) is 0 Å². The molecular formula is C12H13F2N3. The molecule has 17 heavy (non-hydrogen) atoms. The summed E-state index contributed by atoms with van der Waals surface area (Å²) in [5.41, 5.74) is 9.14. The first-order chi connectivity index (χ1) is 8.08. The fourth-order valence-corrected chi connectivity index (χ4v) is 1.71. The van der Waals surface area contributed by atoms with E-state index >= 15 is 0 Å². The summed E-state index contributed by atoms with van der Waals surface area (Å²) in [7, 11) is 0. The van der Waals surface area contributed by atoms with Gasteiger partial charge in [-0.25, -0.2) is 8.78 Å². The van der Waals surface area contributed by atoms with E-state index in [4.69, 9.17) is 5.73 Å². The third-order valence-electron chi connectivity index (χ3n) is 2.65. The molecule has 2 aromatic rings. The molecule has 0 aliphatic rings. The van der Waals surface area contributed by atoms with Crippen LogP contribution in [0.5, 0.6) is 0 Å². The molecule has 90 valence electrons. The second-order valence-electron chi connectivity index (χ2n) is 3.86. The maximum atomic E-state index is 12.2. The van der Waals surface area contributed by atoms with Crippen molar-refractivity contribution in [2.45, 2.75) is 19.9 Å². The lowest BCUT2D eigenvalue weighted by atomic mass is 10.0. The fourth-order valence-electron chi connectivity index (χ4n) is 1.71. The van der Waals surface area contributed by atoms with Crippen LogP contribution < -0.4 is 5.73 Å². The van der Waals surface area contributed by atoms with Crippen molar-refractivity contribution in [3.05, 3.63) is 36.2 Å². The summed E-state index contributed by atoms with van der Waals surface area (Å²) in [6.07, 6.45) is 0.780. The lowest BCUT2D eigenvalue weighted by molar-refractivity contribution is 0.122. The molecule has 2 rings (SSSR count). The van der Waals surface area contributed by atoms with Crippen molar-refractivity contribution in [3.8, 4) is 11.1 Å². The Bertz CT molecular complexity index is 520. The van der Waals surface area contributed by atoms with E-state index in [0.29, 0.717) is 5.69 Å². The number of alkyl halides is 2. The molecule has 0 atom stereocenters. The molecule has 0 saturated heterocycles. The van der Waals surface area contributed by atoms with Crippen LogP contribution >= 0.6 is 0 Å². The Labute approximate surface area is 97.9 Å². The van der Waals surface area contributed by atoms with E-state index in [1.165, 1.54) is 4.68 Å². The quantitative estimate of drug-likeness (QED) is 0.834. The Morgan fingerprint density at radius 2 is 2.18 bits per heavy atom. The predicted molar refractivity (Wildman–Crippen MR) is 62.8 cm³/mol. The Kier molecular flexibility index (Phi) is 3.08. The molecule has 1 heterocycles. The van der Waals surface area contributed by atoms with E-state index in [1.807, 2.05) is 25.1 Å². The molecule has 0 bridgehead atoms. The highest BCUT2D eigenvalue weighted by molar-refractivity contribution is 5.71. The summed E-state index contributed by atoms with van der Waals surface area (Å²) in [5.74, 6) is 0. The molecule has 3 nitrogen and oxygen atoms in total. The summed E-state index contributed by atoms with van der Waals surface area (Å²) < 4.78 is 25.6.